The summed E-state index contributed by atoms with van der Waals surface area (Å²) in [6, 6.07) is 0. The van der Waals surface area contributed by atoms with Crippen LogP contribution in [-0.4, -0.2) is 45.9 Å². The molecule has 0 aromatic carbocycles. The van der Waals surface area contributed by atoms with Crippen molar-refractivity contribution in [2.75, 3.05) is 7.11 Å². The number of rotatable bonds is 15. The summed E-state index contributed by atoms with van der Waals surface area (Å²) in [5, 5.41) is 29.0. The molecule has 0 aromatic heterocycles. The molecule has 0 aliphatic rings. The number of ether oxygens (including phenoxy) is 1. The van der Waals surface area contributed by atoms with Crippen LogP contribution in [0.3, 0.4) is 0 Å². The number of carbonyl (C=O) groups is 3. The van der Waals surface area contributed by atoms with E-state index in [4.69, 9.17) is 0 Å². The van der Waals surface area contributed by atoms with E-state index >= 15 is 0 Å². The summed E-state index contributed by atoms with van der Waals surface area (Å²) in [5.74, 6) is -5.12. The quantitative estimate of drug-likeness (QED) is 0.303. The molecule has 1 unspecified atom stereocenters. The highest BCUT2D eigenvalue weighted by Crippen LogP contribution is 2.29. The van der Waals surface area contributed by atoms with Crippen LogP contribution >= 0.6 is 0 Å². The second kappa shape index (κ2) is 12.7. The summed E-state index contributed by atoms with van der Waals surface area (Å²) >= 11 is 0. The molecular weight excluding hydrogens is 328 g/mol. The van der Waals surface area contributed by atoms with E-state index in [1.165, 1.54) is 19.3 Å². The van der Waals surface area contributed by atoms with Gasteiger partial charge in [-0.1, -0.05) is 58.3 Å². The van der Waals surface area contributed by atoms with Gasteiger partial charge in [0.2, 0.25) is 0 Å². The Labute approximate surface area is 149 Å². The van der Waals surface area contributed by atoms with Gasteiger partial charge in [0.05, 0.1) is 13.0 Å². The molecule has 7 heteroatoms. The Morgan fingerprint density at radius 1 is 0.960 bits per heavy atom. The van der Waals surface area contributed by atoms with Crippen molar-refractivity contribution in [3.05, 3.63) is 0 Å². The fraction of sp³-hybridized carbons (Fsp3) is 0.833. The average Bonchev–Trinajstić information content (AvgIpc) is 2.57. The third-order valence-electron chi connectivity index (χ3n) is 4.53. The van der Waals surface area contributed by atoms with Crippen LogP contribution in [0.2, 0.25) is 0 Å². The van der Waals surface area contributed by atoms with Gasteiger partial charge >= 0.3 is 17.9 Å². The summed E-state index contributed by atoms with van der Waals surface area (Å²) in [4.78, 5) is 34.1. The Bertz CT molecular complexity index is 422. The Morgan fingerprint density at radius 3 is 1.92 bits per heavy atom. The van der Waals surface area contributed by atoms with Crippen LogP contribution in [-0.2, 0) is 19.1 Å². The molecule has 0 saturated heterocycles. The Hall–Kier alpha value is -1.63. The maximum absolute atomic E-state index is 11.5. The van der Waals surface area contributed by atoms with Crippen LogP contribution in [0.5, 0.6) is 0 Å². The molecule has 0 aromatic rings. The van der Waals surface area contributed by atoms with Gasteiger partial charge < -0.3 is 20.1 Å². The van der Waals surface area contributed by atoms with E-state index in [1.54, 1.807) is 0 Å². The molecule has 2 atom stereocenters. The summed E-state index contributed by atoms with van der Waals surface area (Å²) in [5.41, 5.74) is -2.47. The number of hydrogen-bond acceptors (Lipinski definition) is 5. The SMILES string of the molecule is CCCCCCCCCC[C@H](C(=O)O)C(O)(CCC(=O)OC)C(=O)O. The molecule has 146 valence electrons. The van der Waals surface area contributed by atoms with Crippen molar-refractivity contribution in [1.82, 2.24) is 0 Å². The predicted octanol–water partition coefficient (Wildman–Crippen LogP) is 2.99. The first-order valence-electron chi connectivity index (χ1n) is 9.05. The maximum atomic E-state index is 11.5. The van der Waals surface area contributed by atoms with Crippen LogP contribution in [0.4, 0.5) is 0 Å². The van der Waals surface area contributed by atoms with Crippen molar-refractivity contribution >= 4 is 17.9 Å². The zero-order valence-electron chi connectivity index (χ0n) is 15.3. The number of aliphatic carboxylic acids is 2. The topological polar surface area (TPSA) is 121 Å². The van der Waals surface area contributed by atoms with Gasteiger partial charge in [-0.3, -0.25) is 9.59 Å². The van der Waals surface area contributed by atoms with E-state index in [0.29, 0.717) is 6.42 Å². The van der Waals surface area contributed by atoms with Gasteiger partial charge in [-0.05, 0) is 12.8 Å². The number of hydrogen-bond donors (Lipinski definition) is 3. The van der Waals surface area contributed by atoms with Crippen molar-refractivity contribution in [3.8, 4) is 0 Å². The minimum atomic E-state index is -2.47. The first-order chi connectivity index (χ1) is 11.8. The molecule has 0 radical (unpaired) electrons. The fourth-order valence-corrected chi connectivity index (χ4v) is 2.87. The number of carbonyl (C=O) groups excluding carboxylic acids is 1. The zero-order chi connectivity index (χ0) is 19.3. The van der Waals surface area contributed by atoms with E-state index in [2.05, 4.69) is 11.7 Å². The molecule has 0 fully saturated rings. The molecule has 25 heavy (non-hydrogen) atoms. The molecule has 0 aliphatic heterocycles. The lowest BCUT2D eigenvalue weighted by molar-refractivity contribution is -0.177. The normalized spacial score (nSPS) is 14.5. The van der Waals surface area contributed by atoms with Gasteiger partial charge in [0.1, 0.15) is 0 Å². The third-order valence-corrected chi connectivity index (χ3v) is 4.53. The van der Waals surface area contributed by atoms with Crippen LogP contribution in [0.1, 0.15) is 77.6 Å². The highest BCUT2D eigenvalue weighted by atomic mass is 16.5. The molecule has 0 aliphatic carbocycles. The van der Waals surface area contributed by atoms with E-state index in [0.717, 1.165) is 32.8 Å². The lowest BCUT2D eigenvalue weighted by Crippen LogP contribution is -2.49. The van der Waals surface area contributed by atoms with Crippen molar-refractivity contribution in [2.45, 2.75) is 83.2 Å². The van der Waals surface area contributed by atoms with Gasteiger partial charge in [0, 0.05) is 6.42 Å². The Morgan fingerprint density at radius 2 is 1.48 bits per heavy atom. The van der Waals surface area contributed by atoms with Crippen molar-refractivity contribution in [1.29, 1.82) is 0 Å². The van der Waals surface area contributed by atoms with Crippen molar-refractivity contribution in [3.63, 3.8) is 0 Å². The minimum Gasteiger partial charge on any atom is -0.481 e. The largest absolute Gasteiger partial charge is 0.481 e. The monoisotopic (exact) mass is 360 g/mol. The second-order valence-electron chi connectivity index (χ2n) is 6.46. The molecule has 0 heterocycles. The second-order valence-corrected chi connectivity index (χ2v) is 6.46. The van der Waals surface area contributed by atoms with Gasteiger partial charge in [-0.2, -0.15) is 0 Å². The van der Waals surface area contributed by atoms with Crippen molar-refractivity contribution in [2.24, 2.45) is 5.92 Å². The molecule has 0 saturated carbocycles. The Kier molecular flexibility index (Phi) is 11.9. The van der Waals surface area contributed by atoms with Gasteiger partial charge in [0.15, 0.2) is 5.60 Å². The molecule has 3 N–H and O–H groups in total. The van der Waals surface area contributed by atoms with E-state index in [-0.39, 0.29) is 12.8 Å². The van der Waals surface area contributed by atoms with Crippen LogP contribution < -0.4 is 0 Å². The summed E-state index contributed by atoms with van der Waals surface area (Å²) in [6.45, 7) is 2.15. The first-order valence-corrected chi connectivity index (χ1v) is 9.05. The summed E-state index contributed by atoms with van der Waals surface area (Å²) in [7, 11) is 1.15. The van der Waals surface area contributed by atoms with Gasteiger partial charge in [-0.25, -0.2) is 4.79 Å². The molecule has 0 amide bonds. The number of methoxy groups -OCH3 is 1. The maximum Gasteiger partial charge on any atom is 0.336 e. The minimum absolute atomic E-state index is 0.0638. The van der Waals surface area contributed by atoms with E-state index < -0.39 is 35.8 Å². The number of carboxylic acids is 2. The smallest absolute Gasteiger partial charge is 0.336 e. The average molecular weight is 360 g/mol. The first kappa shape index (κ1) is 23.4. The number of esters is 1. The van der Waals surface area contributed by atoms with Gasteiger partial charge in [-0.15, -0.1) is 0 Å². The van der Waals surface area contributed by atoms with Crippen LogP contribution in [0.15, 0.2) is 0 Å². The predicted molar refractivity (Wildman–Crippen MR) is 92.2 cm³/mol. The standard InChI is InChI=1S/C18H32O7/c1-3-4-5-6-7-8-9-10-11-14(16(20)21)18(24,17(22)23)13-12-15(19)25-2/h14,24H,3-13H2,1-2H3,(H,20,21)(H,22,23)/t14-,18?/m1/s1. The third kappa shape index (κ3) is 8.86. The lowest BCUT2D eigenvalue weighted by Gasteiger charge is -2.29. The van der Waals surface area contributed by atoms with Crippen LogP contribution in [0.25, 0.3) is 0 Å². The highest BCUT2D eigenvalue weighted by Gasteiger charge is 2.47. The summed E-state index contributed by atoms with van der Waals surface area (Å²) in [6.07, 6.45) is 7.33. The number of aliphatic hydroxyl groups is 1. The molecule has 0 bridgehead atoms. The van der Waals surface area contributed by atoms with E-state index in [1.807, 2.05) is 0 Å². The molecule has 0 rings (SSSR count). The molecule has 7 nitrogen and oxygen atoms in total. The number of carboxylic acid groups (broad SMARTS) is 2. The summed E-state index contributed by atoms with van der Waals surface area (Å²) < 4.78 is 4.43. The number of unbranched alkanes of at least 4 members (excludes halogenated alkanes) is 7. The highest BCUT2D eigenvalue weighted by molar-refractivity contribution is 5.86. The zero-order valence-corrected chi connectivity index (χ0v) is 15.3. The molecule has 0 spiro atoms. The van der Waals surface area contributed by atoms with Crippen LogP contribution in [0, 0.1) is 5.92 Å². The Balaban J connectivity index is 4.53. The van der Waals surface area contributed by atoms with E-state index in [9.17, 15) is 29.7 Å². The van der Waals surface area contributed by atoms with Crippen molar-refractivity contribution < 1.29 is 34.4 Å². The van der Waals surface area contributed by atoms with Gasteiger partial charge in [0.25, 0.3) is 0 Å². The lowest BCUT2D eigenvalue weighted by atomic mass is 9.80. The molecular formula is C18H32O7. The fourth-order valence-electron chi connectivity index (χ4n) is 2.87.